The van der Waals surface area contributed by atoms with Crippen LogP contribution in [0.3, 0.4) is 0 Å². The van der Waals surface area contributed by atoms with Gasteiger partial charge >= 0.3 is 0 Å². The second kappa shape index (κ2) is 42.4. The molecule has 0 radical (unpaired) electrons. The molecule has 2 nitrogen and oxygen atoms in total. The quantitative estimate of drug-likeness (QED) is 0.0281. The Morgan fingerprint density at radius 2 is 0.500 bits per heavy atom. The first-order valence-electron chi connectivity index (χ1n) is 43.8. The maximum absolute atomic E-state index is 12.4. The summed E-state index contributed by atoms with van der Waals surface area (Å²) in [7, 11) is 0. The zero-order chi connectivity index (χ0) is 74.6. The number of aldehydes is 2. The Balaban J connectivity index is 0.980. The summed E-state index contributed by atoms with van der Waals surface area (Å²) in [5, 5.41) is 0. The zero-order valence-corrected chi connectivity index (χ0v) is 70.0. The van der Waals surface area contributed by atoms with Gasteiger partial charge in [-0.05, 0) is 166 Å². The van der Waals surface area contributed by atoms with E-state index < -0.39 is 10.8 Å². The highest BCUT2D eigenvalue weighted by Gasteiger charge is 2.54. The molecule has 0 saturated heterocycles. The van der Waals surface area contributed by atoms with Gasteiger partial charge in [-0.3, -0.25) is 9.59 Å². The van der Waals surface area contributed by atoms with E-state index >= 15 is 0 Å². The molecule has 2 aliphatic carbocycles. The van der Waals surface area contributed by atoms with Crippen LogP contribution in [0.4, 0.5) is 0 Å². The molecule has 572 valence electrons. The average molecular weight is 1510 g/mol. The third-order valence-electron chi connectivity index (χ3n) is 24.5. The number of carbonyl (C=O) groups is 2. The van der Waals surface area contributed by atoms with Crippen molar-refractivity contribution in [1.82, 2.24) is 0 Å². The second-order valence-corrected chi connectivity index (χ2v) is 36.7. The van der Waals surface area contributed by atoms with Gasteiger partial charge in [0.15, 0.2) is 12.6 Å². The van der Waals surface area contributed by atoms with E-state index in [1.165, 1.54) is 354 Å². The van der Waals surface area contributed by atoms with E-state index in [2.05, 4.69) is 173 Å². The lowest BCUT2D eigenvalue weighted by atomic mass is 9.66. The van der Waals surface area contributed by atoms with Crippen molar-refractivity contribution in [2.24, 2.45) is 0 Å². The van der Waals surface area contributed by atoms with Gasteiger partial charge in [0.1, 0.15) is 0 Å². The van der Waals surface area contributed by atoms with Crippen LogP contribution in [0.5, 0.6) is 0 Å². The minimum atomic E-state index is -0.662. The van der Waals surface area contributed by atoms with Gasteiger partial charge in [0.05, 0.1) is 30.0 Å². The number of benzene rings is 6. The predicted molar refractivity (Wildman–Crippen MR) is 474 cm³/mol. The van der Waals surface area contributed by atoms with Crippen LogP contribution in [0.25, 0.3) is 51.2 Å². The van der Waals surface area contributed by atoms with Crippen LogP contribution in [0, 0.1) is 0 Å². The Hall–Kier alpha value is -6.28. The third kappa shape index (κ3) is 19.8. The lowest BCUT2D eigenvalue weighted by Crippen LogP contribution is -2.29. The minimum absolute atomic E-state index is 0.662. The summed E-state index contributed by atoms with van der Waals surface area (Å²) in [6, 6.07) is 63.2. The number of fused-ring (bicyclic) bond motifs is 9. The van der Waals surface area contributed by atoms with E-state index in [-0.39, 0.29) is 0 Å². The molecule has 10 aromatic rings. The number of hydrogen-bond donors (Lipinski definition) is 0. The van der Waals surface area contributed by atoms with Crippen LogP contribution in [-0.4, -0.2) is 12.6 Å². The smallest absolute Gasteiger partial charge is 0.160 e. The maximum Gasteiger partial charge on any atom is 0.160 e. The van der Waals surface area contributed by atoms with Gasteiger partial charge in [0, 0.05) is 30.6 Å². The van der Waals surface area contributed by atoms with Crippen molar-refractivity contribution in [3.63, 3.8) is 0 Å². The molecule has 0 N–H and O–H groups in total. The van der Waals surface area contributed by atoms with Gasteiger partial charge in [0.25, 0.3) is 0 Å². The highest BCUT2D eigenvalue weighted by atomic mass is 32.1. The molecule has 2 aliphatic rings. The Bertz CT molecular complexity index is 3920. The van der Waals surface area contributed by atoms with Gasteiger partial charge < -0.3 is 0 Å². The van der Waals surface area contributed by atoms with Gasteiger partial charge in [-0.15, -0.1) is 45.3 Å². The SMILES string of the molecule is CCCCCCCCCCCCc1ccc(C2(c3ccc(CCCCCCCCCCCC)cc3)c3cc(-c4ccc(C=O)s4)ccc3-c3sc4c5c(sc4c32)-c2ccc(-c3ccc(C=O)s3)cc2C5(c2ccc(CCCCCCCCCCCC)cc2)c2ccc(CCCCCCCCCCCC)cc2)cc1. The van der Waals surface area contributed by atoms with Crippen LogP contribution >= 0.6 is 45.3 Å². The molecule has 0 unspecified atom stereocenters. The molecule has 0 bridgehead atoms. The summed E-state index contributed by atoms with van der Waals surface area (Å²) in [4.78, 5) is 31.4. The first-order chi connectivity index (χ1) is 53.4. The van der Waals surface area contributed by atoms with Crippen LogP contribution in [0.2, 0.25) is 0 Å². The molecule has 4 aromatic heterocycles. The molecule has 0 saturated carbocycles. The topological polar surface area (TPSA) is 34.1 Å². The van der Waals surface area contributed by atoms with Crippen molar-refractivity contribution in [1.29, 1.82) is 0 Å². The summed E-state index contributed by atoms with van der Waals surface area (Å²) in [5.41, 5.74) is 20.1. The van der Waals surface area contributed by atoms with E-state index in [0.717, 1.165) is 68.9 Å². The van der Waals surface area contributed by atoms with Crippen LogP contribution in [-0.2, 0) is 36.5 Å². The third-order valence-corrected chi connectivity index (χ3v) is 29.2. The molecular weight excluding hydrogens is 1390 g/mol. The largest absolute Gasteiger partial charge is 0.297 e. The first kappa shape index (κ1) is 81.2. The molecule has 4 heterocycles. The summed E-state index contributed by atoms with van der Waals surface area (Å²) >= 11 is 7.30. The molecule has 0 atom stereocenters. The fraction of sp³-hybridized carbons (Fsp3) is 0.490. The van der Waals surface area contributed by atoms with Crippen molar-refractivity contribution in [2.45, 2.75) is 321 Å². The Kier molecular flexibility index (Phi) is 31.9. The van der Waals surface area contributed by atoms with Gasteiger partial charge in [-0.25, -0.2) is 0 Å². The Morgan fingerprint density at radius 1 is 0.259 bits per heavy atom. The second-order valence-electron chi connectivity index (χ2n) is 32.4. The number of unbranched alkanes of at least 4 members (excludes halogenated alkanes) is 36. The lowest BCUT2D eigenvalue weighted by Gasteiger charge is -2.35. The van der Waals surface area contributed by atoms with Crippen molar-refractivity contribution < 1.29 is 9.59 Å². The monoisotopic (exact) mass is 1510 g/mol. The number of rotatable bonds is 52. The normalized spacial score (nSPS) is 13.2. The number of aryl methyl sites for hydroxylation is 4. The lowest BCUT2D eigenvalue weighted by molar-refractivity contribution is 0.111. The zero-order valence-electron chi connectivity index (χ0n) is 66.7. The first-order valence-corrected chi connectivity index (χ1v) is 47.0. The molecule has 0 spiro atoms. The van der Waals surface area contributed by atoms with E-state index in [9.17, 15) is 9.59 Å². The molecule has 108 heavy (non-hydrogen) atoms. The van der Waals surface area contributed by atoms with Crippen molar-refractivity contribution in [2.75, 3.05) is 0 Å². The molecule has 0 aliphatic heterocycles. The summed E-state index contributed by atoms with van der Waals surface area (Å²) in [5.74, 6) is 0. The molecule has 0 fully saturated rings. The van der Waals surface area contributed by atoms with Crippen LogP contribution in [0.1, 0.15) is 371 Å². The van der Waals surface area contributed by atoms with Gasteiger partial charge in [-0.2, -0.15) is 0 Å². The maximum atomic E-state index is 12.4. The Morgan fingerprint density at radius 3 is 0.731 bits per heavy atom. The fourth-order valence-corrected chi connectivity index (χ4v) is 23.1. The summed E-state index contributed by atoms with van der Waals surface area (Å²) in [6.45, 7) is 9.25. The summed E-state index contributed by atoms with van der Waals surface area (Å²) in [6.07, 6.45) is 59.9. The van der Waals surface area contributed by atoms with Gasteiger partial charge in [0.2, 0.25) is 0 Å². The molecule has 6 aromatic carbocycles. The molecule has 6 heteroatoms. The van der Waals surface area contributed by atoms with Crippen molar-refractivity contribution >= 4 is 67.3 Å². The molecule has 0 amide bonds. The number of hydrogen-bond acceptors (Lipinski definition) is 6. The van der Waals surface area contributed by atoms with Crippen molar-refractivity contribution in [3.05, 3.63) is 234 Å². The number of thiophene rings is 4. The number of carbonyl (C=O) groups excluding carboxylic acids is 2. The predicted octanol–water partition coefficient (Wildman–Crippen LogP) is 32.6. The standard InChI is InChI=1S/C102H128O2S4/c1-5-9-13-17-21-25-29-33-37-41-45-77-49-59-83(60-50-77)101(84-61-51-78(52-62-84)46-42-38-34-30-26-22-18-14-10-6-2)91-73-81(93-71-67-87(75-103)105-93)57-69-89(91)97-95(101)99-100(107-97)96-98(108-99)90-70-58-82(94-72-68-88(76-104)106-94)74-92(90)102(96,85-63-53-79(54-64-85)47-43-39-35-31-27-23-19-15-11-7-3)86-65-55-80(56-66-86)48-44-40-36-32-28-24-20-16-12-8-4/h49-76H,5-48H2,1-4H3. The van der Waals surface area contributed by atoms with Crippen molar-refractivity contribution in [3.8, 4) is 41.8 Å². The Labute approximate surface area is 668 Å². The van der Waals surface area contributed by atoms with E-state index in [1.54, 1.807) is 22.7 Å². The molecule has 12 rings (SSSR count). The minimum Gasteiger partial charge on any atom is -0.297 e. The van der Waals surface area contributed by atoms with E-state index in [1.807, 2.05) is 34.8 Å². The van der Waals surface area contributed by atoms with Crippen LogP contribution < -0.4 is 0 Å². The fourth-order valence-electron chi connectivity index (χ4n) is 18.3. The highest BCUT2D eigenvalue weighted by Crippen LogP contribution is 2.69. The average Bonchev–Trinajstić information content (AvgIpc) is 1.49. The molecular formula is C102H128O2S4. The van der Waals surface area contributed by atoms with Crippen LogP contribution in [0.15, 0.2) is 158 Å². The van der Waals surface area contributed by atoms with E-state index in [4.69, 9.17) is 0 Å². The highest BCUT2D eigenvalue weighted by molar-refractivity contribution is 7.32. The summed E-state index contributed by atoms with van der Waals surface area (Å²) < 4.78 is 2.79. The van der Waals surface area contributed by atoms with E-state index in [0.29, 0.717) is 0 Å². The van der Waals surface area contributed by atoms with Gasteiger partial charge in [-0.1, -0.05) is 380 Å².